The first kappa shape index (κ1) is 39.2. The second-order valence-corrected chi connectivity index (χ2v) is 13.9. The van der Waals surface area contributed by atoms with Gasteiger partial charge in [0.25, 0.3) is 0 Å². The maximum Gasteiger partial charge on any atom is 0.306 e. The molecule has 0 bridgehead atoms. The highest BCUT2D eigenvalue weighted by Crippen LogP contribution is 2.23. The van der Waals surface area contributed by atoms with Crippen molar-refractivity contribution in [2.45, 2.75) is 196 Å². The van der Waals surface area contributed by atoms with E-state index in [1.165, 1.54) is 135 Å². The predicted molar refractivity (Wildman–Crippen MR) is 179 cm³/mol. The maximum absolute atomic E-state index is 12.2. The predicted octanol–water partition coefficient (Wildman–Crippen LogP) is 13.0. The Bertz CT molecular complexity index is 552. The number of esters is 1. The third kappa shape index (κ3) is 30.2. The molecule has 2 heteroatoms. The normalized spacial score (nSPS) is 14.2. The Morgan fingerprint density at radius 1 is 0.525 bits per heavy atom. The Balaban J connectivity index is 3.49. The molecule has 0 aromatic rings. The molecule has 0 rings (SSSR count). The second-order valence-electron chi connectivity index (χ2n) is 13.9. The van der Waals surface area contributed by atoms with Crippen molar-refractivity contribution in [1.82, 2.24) is 0 Å². The van der Waals surface area contributed by atoms with E-state index in [0.29, 0.717) is 18.9 Å². The zero-order valence-corrected chi connectivity index (χ0v) is 28.5. The van der Waals surface area contributed by atoms with E-state index < -0.39 is 0 Å². The molecule has 40 heavy (non-hydrogen) atoms. The van der Waals surface area contributed by atoms with Gasteiger partial charge in [0.15, 0.2) is 0 Å². The van der Waals surface area contributed by atoms with Crippen LogP contribution < -0.4 is 0 Å². The zero-order valence-electron chi connectivity index (χ0n) is 28.5. The van der Waals surface area contributed by atoms with Gasteiger partial charge in [-0.15, -0.1) is 0 Å². The van der Waals surface area contributed by atoms with E-state index in [2.05, 4.69) is 53.7 Å². The Kier molecular flexibility index (Phi) is 29.1. The first-order valence-corrected chi connectivity index (χ1v) is 18.2. The SMILES string of the molecule is CCCCCCCCC=CCCCCCCCCOC(=O)CC(C)CCCC(C)CCCC(C)CCCC(C)C. The standard InChI is InChI=1S/C38H74O2/c1-7-8-9-10-11-12-13-14-15-16-17-18-19-20-21-22-32-40-38(39)33-37(6)31-25-30-36(5)29-24-28-35(4)27-23-26-34(2)3/h14-15,34-37H,7-13,16-33H2,1-6H3. The summed E-state index contributed by atoms with van der Waals surface area (Å²) in [5, 5.41) is 0. The van der Waals surface area contributed by atoms with E-state index in [9.17, 15) is 4.79 Å². The monoisotopic (exact) mass is 563 g/mol. The molecule has 0 aromatic carbocycles. The lowest BCUT2D eigenvalue weighted by atomic mass is 9.91. The number of hydrogen-bond donors (Lipinski definition) is 0. The molecule has 0 aliphatic carbocycles. The van der Waals surface area contributed by atoms with Gasteiger partial charge in [-0.3, -0.25) is 4.79 Å². The lowest BCUT2D eigenvalue weighted by molar-refractivity contribution is -0.144. The van der Waals surface area contributed by atoms with Gasteiger partial charge < -0.3 is 4.74 Å². The summed E-state index contributed by atoms with van der Waals surface area (Å²) >= 11 is 0. The van der Waals surface area contributed by atoms with Crippen molar-refractivity contribution >= 4 is 5.97 Å². The van der Waals surface area contributed by atoms with Crippen molar-refractivity contribution in [2.75, 3.05) is 6.61 Å². The van der Waals surface area contributed by atoms with Crippen LogP contribution in [-0.4, -0.2) is 12.6 Å². The molecule has 0 radical (unpaired) electrons. The lowest BCUT2D eigenvalue weighted by Crippen LogP contribution is -2.11. The fraction of sp³-hybridized carbons (Fsp3) is 0.921. The average molecular weight is 563 g/mol. The van der Waals surface area contributed by atoms with Crippen LogP contribution in [0.4, 0.5) is 0 Å². The summed E-state index contributed by atoms with van der Waals surface area (Å²) in [6.45, 7) is 14.6. The van der Waals surface area contributed by atoms with Crippen LogP contribution in [0.5, 0.6) is 0 Å². The molecule has 0 amide bonds. The fourth-order valence-electron chi connectivity index (χ4n) is 5.77. The molecule has 2 nitrogen and oxygen atoms in total. The molecule has 0 saturated heterocycles. The molecule has 0 aliphatic rings. The van der Waals surface area contributed by atoms with Crippen LogP contribution in [0.3, 0.4) is 0 Å². The number of ether oxygens (including phenoxy) is 1. The largest absolute Gasteiger partial charge is 0.466 e. The Labute approximate surface area is 253 Å². The Morgan fingerprint density at radius 3 is 1.45 bits per heavy atom. The number of hydrogen-bond acceptors (Lipinski definition) is 2. The summed E-state index contributed by atoms with van der Waals surface area (Å²) in [7, 11) is 0. The van der Waals surface area contributed by atoms with Crippen LogP contribution in [0, 0.1) is 23.7 Å². The highest BCUT2D eigenvalue weighted by molar-refractivity contribution is 5.69. The first-order valence-electron chi connectivity index (χ1n) is 18.2. The highest BCUT2D eigenvalue weighted by Gasteiger charge is 2.12. The fourth-order valence-corrected chi connectivity index (χ4v) is 5.77. The number of unbranched alkanes of at least 4 members (excludes halogenated alkanes) is 12. The molecule has 0 aliphatic heterocycles. The van der Waals surface area contributed by atoms with E-state index in [1.807, 2.05) is 0 Å². The molecule has 0 fully saturated rings. The quantitative estimate of drug-likeness (QED) is 0.0494. The lowest BCUT2D eigenvalue weighted by Gasteiger charge is -2.16. The summed E-state index contributed by atoms with van der Waals surface area (Å²) in [6, 6.07) is 0. The number of carbonyl (C=O) groups excluding carboxylic acids is 1. The van der Waals surface area contributed by atoms with Crippen LogP contribution in [0.2, 0.25) is 0 Å². The molecule has 0 heterocycles. The highest BCUT2D eigenvalue weighted by atomic mass is 16.5. The summed E-state index contributed by atoms with van der Waals surface area (Å²) < 4.78 is 5.53. The van der Waals surface area contributed by atoms with Gasteiger partial charge in [0.1, 0.15) is 0 Å². The molecule has 3 unspecified atom stereocenters. The van der Waals surface area contributed by atoms with Crippen LogP contribution in [-0.2, 0) is 9.53 Å². The Hall–Kier alpha value is -0.790. The zero-order chi connectivity index (χ0) is 29.7. The summed E-state index contributed by atoms with van der Waals surface area (Å²) in [6.07, 6.45) is 35.7. The minimum absolute atomic E-state index is 0.0137. The van der Waals surface area contributed by atoms with Crippen molar-refractivity contribution in [2.24, 2.45) is 23.7 Å². The van der Waals surface area contributed by atoms with Gasteiger partial charge >= 0.3 is 5.97 Å². The summed E-state index contributed by atoms with van der Waals surface area (Å²) in [5.74, 6) is 3.00. The van der Waals surface area contributed by atoms with Gasteiger partial charge in [0.05, 0.1) is 6.61 Å². The molecule has 0 aromatic heterocycles. The number of rotatable bonds is 30. The number of carbonyl (C=O) groups is 1. The van der Waals surface area contributed by atoms with Gasteiger partial charge in [-0.25, -0.2) is 0 Å². The topological polar surface area (TPSA) is 26.3 Å². The first-order chi connectivity index (χ1) is 19.3. The molecule has 0 N–H and O–H groups in total. The summed E-state index contributed by atoms with van der Waals surface area (Å²) in [5.41, 5.74) is 0. The minimum atomic E-state index is 0.0137. The molecule has 238 valence electrons. The van der Waals surface area contributed by atoms with Crippen LogP contribution in [0.1, 0.15) is 196 Å². The van der Waals surface area contributed by atoms with E-state index in [1.54, 1.807) is 0 Å². The Morgan fingerprint density at radius 2 is 0.950 bits per heavy atom. The van der Waals surface area contributed by atoms with E-state index in [4.69, 9.17) is 4.74 Å². The maximum atomic E-state index is 12.2. The second kappa shape index (κ2) is 29.7. The van der Waals surface area contributed by atoms with Crippen molar-refractivity contribution in [1.29, 1.82) is 0 Å². The minimum Gasteiger partial charge on any atom is -0.466 e. The van der Waals surface area contributed by atoms with Gasteiger partial charge in [-0.1, -0.05) is 169 Å². The van der Waals surface area contributed by atoms with Gasteiger partial charge in [-0.2, -0.15) is 0 Å². The van der Waals surface area contributed by atoms with Gasteiger partial charge in [0.2, 0.25) is 0 Å². The molecular weight excluding hydrogens is 488 g/mol. The molecule has 0 spiro atoms. The van der Waals surface area contributed by atoms with Gasteiger partial charge in [-0.05, 0) is 55.8 Å². The van der Waals surface area contributed by atoms with Crippen molar-refractivity contribution in [3.8, 4) is 0 Å². The van der Waals surface area contributed by atoms with E-state index in [0.717, 1.165) is 30.6 Å². The van der Waals surface area contributed by atoms with Crippen LogP contribution >= 0.6 is 0 Å². The van der Waals surface area contributed by atoms with E-state index in [-0.39, 0.29) is 5.97 Å². The van der Waals surface area contributed by atoms with Crippen molar-refractivity contribution in [3.05, 3.63) is 12.2 Å². The molecule has 3 atom stereocenters. The van der Waals surface area contributed by atoms with Crippen molar-refractivity contribution < 1.29 is 9.53 Å². The number of allylic oxidation sites excluding steroid dienone is 2. The van der Waals surface area contributed by atoms with Crippen LogP contribution in [0.25, 0.3) is 0 Å². The average Bonchev–Trinajstić information content (AvgIpc) is 2.90. The smallest absolute Gasteiger partial charge is 0.306 e. The summed E-state index contributed by atoms with van der Waals surface area (Å²) in [4.78, 5) is 12.2. The van der Waals surface area contributed by atoms with E-state index >= 15 is 0 Å². The molecular formula is C38H74O2. The van der Waals surface area contributed by atoms with Crippen LogP contribution in [0.15, 0.2) is 12.2 Å². The third-order valence-electron chi connectivity index (χ3n) is 8.70. The van der Waals surface area contributed by atoms with Crippen molar-refractivity contribution in [3.63, 3.8) is 0 Å². The van der Waals surface area contributed by atoms with Gasteiger partial charge in [0, 0.05) is 6.42 Å². The molecule has 0 saturated carbocycles. The third-order valence-corrected chi connectivity index (χ3v) is 8.70.